The van der Waals surface area contributed by atoms with E-state index in [2.05, 4.69) is 5.32 Å². The third-order valence-corrected chi connectivity index (χ3v) is 5.15. The standard InChI is InChI=1S/C24H21F2N3O2/c25-19-7-12-22(26)18(15-19)16-28-13-4-14-29(24(28)31)21-10-8-20(9-11-21)27-23(30)17-5-2-1-3-6-17/h1-3,5-12,15H,4,13-14,16H2,(H,27,30). The number of nitrogens with zero attached hydrogens (tertiary/aromatic N) is 2. The molecule has 0 saturated carbocycles. The van der Waals surface area contributed by atoms with E-state index >= 15 is 0 Å². The van der Waals surface area contributed by atoms with Crippen molar-refractivity contribution in [3.63, 3.8) is 0 Å². The maximum Gasteiger partial charge on any atom is 0.324 e. The summed E-state index contributed by atoms with van der Waals surface area (Å²) in [4.78, 5) is 28.3. The lowest BCUT2D eigenvalue weighted by Crippen LogP contribution is -2.49. The van der Waals surface area contributed by atoms with Gasteiger partial charge in [0.2, 0.25) is 0 Å². The second-order valence-electron chi connectivity index (χ2n) is 7.31. The Hall–Kier alpha value is -3.74. The number of amides is 3. The van der Waals surface area contributed by atoms with E-state index in [1.807, 2.05) is 6.07 Å². The predicted octanol–water partition coefficient (Wildman–Crippen LogP) is 5.05. The molecule has 1 fully saturated rings. The van der Waals surface area contributed by atoms with Crippen LogP contribution in [0.4, 0.5) is 25.0 Å². The molecule has 1 saturated heterocycles. The first-order chi connectivity index (χ1) is 15.0. The number of carbonyl (C=O) groups is 2. The van der Waals surface area contributed by atoms with Crippen LogP contribution in [0.25, 0.3) is 0 Å². The van der Waals surface area contributed by atoms with E-state index in [0.717, 1.165) is 18.2 Å². The summed E-state index contributed by atoms with van der Waals surface area (Å²) in [5.41, 5.74) is 1.99. The van der Waals surface area contributed by atoms with Crippen molar-refractivity contribution >= 4 is 23.3 Å². The molecule has 0 aromatic heterocycles. The van der Waals surface area contributed by atoms with Crippen LogP contribution in [0, 0.1) is 11.6 Å². The Kier molecular flexibility index (Phi) is 5.93. The molecule has 0 spiro atoms. The van der Waals surface area contributed by atoms with Crippen molar-refractivity contribution in [2.24, 2.45) is 0 Å². The zero-order valence-electron chi connectivity index (χ0n) is 16.7. The summed E-state index contributed by atoms with van der Waals surface area (Å²) in [5.74, 6) is -1.29. The average Bonchev–Trinajstić information content (AvgIpc) is 2.79. The lowest BCUT2D eigenvalue weighted by molar-refractivity contribution is 0.102. The molecule has 3 amide bonds. The van der Waals surface area contributed by atoms with Crippen LogP contribution in [-0.4, -0.2) is 29.9 Å². The first-order valence-electron chi connectivity index (χ1n) is 9.98. The lowest BCUT2D eigenvalue weighted by atomic mass is 10.1. The average molecular weight is 421 g/mol. The number of nitrogens with one attached hydrogen (secondary N) is 1. The number of anilines is 2. The van der Waals surface area contributed by atoms with Gasteiger partial charge in [0, 0.05) is 35.6 Å². The van der Waals surface area contributed by atoms with Crippen molar-refractivity contribution in [2.45, 2.75) is 13.0 Å². The van der Waals surface area contributed by atoms with Crippen molar-refractivity contribution in [2.75, 3.05) is 23.3 Å². The van der Waals surface area contributed by atoms with Crippen molar-refractivity contribution in [3.8, 4) is 0 Å². The monoisotopic (exact) mass is 421 g/mol. The molecule has 0 bridgehead atoms. The minimum absolute atomic E-state index is 0.00411. The third kappa shape index (κ3) is 4.71. The topological polar surface area (TPSA) is 52.7 Å². The van der Waals surface area contributed by atoms with Crippen LogP contribution in [0.3, 0.4) is 0 Å². The zero-order valence-corrected chi connectivity index (χ0v) is 16.7. The van der Waals surface area contributed by atoms with Crippen molar-refractivity contribution in [1.82, 2.24) is 4.90 Å². The summed E-state index contributed by atoms with van der Waals surface area (Å²) in [7, 11) is 0. The maximum absolute atomic E-state index is 14.0. The Labute approximate surface area is 178 Å². The number of hydrogen-bond acceptors (Lipinski definition) is 2. The first kappa shape index (κ1) is 20.5. The molecule has 7 heteroatoms. The molecule has 31 heavy (non-hydrogen) atoms. The SMILES string of the molecule is O=C(Nc1ccc(N2CCCN(Cc3cc(F)ccc3F)C2=O)cc1)c1ccccc1. The molecule has 4 rings (SSSR count). The zero-order chi connectivity index (χ0) is 21.8. The van der Waals surface area contributed by atoms with E-state index in [4.69, 9.17) is 0 Å². The number of urea groups is 1. The molecular formula is C24H21F2N3O2. The van der Waals surface area contributed by atoms with Crippen molar-refractivity contribution in [3.05, 3.63) is 95.6 Å². The molecule has 1 aliphatic rings. The highest BCUT2D eigenvalue weighted by Crippen LogP contribution is 2.24. The number of benzene rings is 3. The van der Waals surface area contributed by atoms with E-state index in [0.29, 0.717) is 36.4 Å². The van der Waals surface area contributed by atoms with Crippen LogP contribution >= 0.6 is 0 Å². The van der Waals surface area contributed by atoms with Gasteiger partial charge in [0.25, 0.3) is 5.91 Å². The Morgan fingerprint density at radius 3 is 2.42 bits per heavy atom. The summed E-state index contributed by atoms with van der Waals surface area (Å²) < 4.78 is 27.5. The molecular weight excluding hydrogens is 400 g/mol. The third-order valence-electron chi connectivity index (χ3n) is 5.15. The molecule has 3 aromatic rings. The fourth-order valence-corrected chi connectivity index (χ4v) is 3.56. The second kappa shape index (κ2) is 8.95. The fourth-order valence-electron chi connectivity index (χ4n) is 3.56. The molecule has 1 aliphatic heterocycles. The highest BCUT2D eigenvalue weighted by Gasteiger charge is 2.27. The summed E-state index contributed by atoms with van der Waals surface area (Å²) in [6.45, 7) is 0.997. The summed E-state index contributed by atoms with van der Waals surface area (Å²) in [6.07, 6.45) is 0.704. The number of halogens is 2. The highest BCUT2D eigenvalue weighted by molar-refractivity contribution is 6.04. The molecule has 5 nitrogen and oxygen atoms in total. The van der Waals surface area contributed by atoms with Crippen LogP contribution in [0.1, 0.15) is 22.3 Å². The van der Waals surface area contributed by atoms with Gasteiger partial charge in [0.1, 0.15) is 11.6 Å². The van der Waals surface area contributed by atoms with Gasteiger partial charge < -0.3 is 10.2 Å². The van der Waals surface area contributed by atoms with Gasteiger partial charge >= 0.3 is 6.03 Å². The van der Waals surface area contributed by atoms with Gasteiger partial charge in [0.05, 0.1) is 6.54 Å². The second-order valence-corrected chi connectivity index (χ2v) is 7.31. The smallest absolute Gasteiger partial charge is 0.322 e. The Morgan fingerprint density at radius 1 is 0.935 bits per heavy atom. The summed E-state index contributed by atoms with van der Waals surface area (Å²) >= 11 is 0. The molecule has 0 radical (unpaired) electrons. The van der Waals surface area contributed by atoms with Gasteiger partial charge in [-0.3, -0.25) is 9.69 Å². The number of carbonyl (C=O) groups excluding carboxylic acids is 2. The normalized spacial score (nSPS) is 13.9. The number of rotatable bonds is 5. The van der Waals surface area contributed by atoms with Crippen molar-refractivity contribution in [1.29, 1.82) is 0 Å². The Balaban J connectivity index is 1.44. The van der Waals surface area contributed by atoms with Gasteiger partial charge in [-0.25, -0.2) is 13.6 Å². The predicted molar refractivity (Wildman–Crippen MR) is 115 cm³/mol. The van der Waals surface area contributed by atoms with E-state index in [-0.39, 0.29) is 24.0 Å². The highest BCUT2D eigenvalue weighted by atomic mass is 19.1. The van der Waals surface area contributed by atoms with Crippen molar-refractivity contribution < 1.29 is 18.4 Å². The van der Waals surface area contributed by atoms with Gasteiger partial charge in [-0.05, 0) is 61.0 Å². The van der Waals surface area contributed by atoms with E-state index in [1.165, 1.54) is 4.90 Å². The quantitative estimate of drug-likeness (QED) is 0.627. The molecule has 1 heterocycles. The van der Waals surface area contributed by atoms with Gasteiger partial charge in [-0.1, -0.05) is 18.2 Å². The summed E-state index contributed by atoms with van der Waals surface area (Å²) in [5, 5.41) is 2.82. The lowest BCUT2D eigenvalue weighted by Gasteiger charge is -2.35. The molecule has 1 N–H and O–H groups in total. The van der Waals surface area contributed by atoms with Crippen LogP contribution in [0.15, 0.2) is 72.8 Å². The molecule has 0 aliphatic carbocycles. The van der Waals surface area contributed by atoms with Gasteiger partial charge in [0.15, 0.2) is 0 Å². The van der Waals surface area contributed by atoms with E-state index in [1.54, 1.807) is 53.4 Å². The Morgan fingerprint density at radius 2 is 1.68 bits per heavy atom. The molecule has 0 unspecified atom stereocenters. The van der Waals surface area contributed by atoms with Crippen LogP contribution in [-0.2, 0) is 6.54 Å². The molecule has 0 atom stereocenters. The molecule has 158 valence electrons. The molecule has 3 aromatic carbocycles. The van der Waals surface area contributed by atoms with E-state index in [9.17, 15) is 18.4 Å². The number of hydrogen-bond donors (Lipinski definition) is 1. The first-order valence-corrected chi connectivity index (χ1v) is 9.98. The van der Waals surface area contributed by atoms with Gasteiger partial charge in [-0.15, -0.1) is 0 Å². The maximum atomic E-state index is 14.0. The van der Waals surface area contributed by atoms with Crippen LogP contribution < -0.4 is 10.2 Å². The fraction of sp³-hybridized carbons (Fsp3) is 0.167. The largest absolute Gasteiger partial charge is 0.324 e. The minimum atomic E-state index is -0.537. The van der Waals surface area contributed by atoms with Crippen LogP contribution in [0.5, 0.6) is 0 Å². The Bertz CT molecular complexity index is 1090. The van der Waals surface area contributed by atoms with Crippen LogP contribution in [0.2, 0.25) is 0 Å². The van der Waals surface area contributed by atoms with Gasteiger partial charge in [-0.2, -0.15) is 0 Å². The summed E-state index contributed by atoms with van der Waals surface area (Å²) in [6, 6.07) is 18.8. The van der Waals surface area contributed by atoms with E-state index < -0.39 is 11.6 Å². The minimum Gasteiger partial charge on any atom is -0.322 e.